The van der Waals surface area contributed by atoms with Crippen molar-refractivity contribution in [2.45, 2.75) is 39.4 Å². The van der Waals surface area contributed by atoms with E-state index in [1.807, 2.05) is 45.0 Å². The fraction of sp³-hybridized carbons (Fsp3) is 0.316. The molecule has 0 atom stereocenters. The summed E-state index contributed by atoms with van der Waals surface area (Å²) in [7, 11) is 0. The van der Waals surface area contributed by atoms with Gasteiger partial charge in [-0.25, -0.2) is 9.18 Å². The lowest BCUT2D eigenvalue weighted by atomic mass is 10.0. The SMILES string of the molecule is CC(C)(C)N(Cc1ccc(CNc2cc(F)ccc2N)cc1)C(=O)O. The first-order valence-electron chi connectivity index (χ1n) is 8.04. The van der Waals surface area contributed by atoms with Gasteiger partial charge in [0.15, 0.2) is 0 Å². The molecule has 134 valence electrons. The van der Waals surface area contributed by atoms with Crippen LogP contribution in [-0.4, -0.2) is 21.6 Å². The summed E-state index contributed by atoms with van der Waals surface area (Å²) in [6.07, 6.45) is -0.945. The zero-order chi connectivity index (χ0) is 18.6. The smallest absolute Gasteiger partial charge is 0.408 e. The number of nitrogens with two attached hydrogens (primary N) is 1. The molecule has 0 aliphatic carbocycles. The molecule has 2 aromatic rings. The van der Waals surface area contributed by atoms with Gasteiger partial charge in [-0.1, -0.05) is 24.3 Å². The molecule has 0 heterocycles. The molecular weight excluding hydrogens is 321 g/mol. The molecule has 5 nitrogen and oxygen atoms in total. The first kappa shape index (κ1) is 18.6. The largest absolute Gasteiger partial charge is 0.465 e. The Balaban J connectivity index is 2.02. The summed E-state index contributed by atoms with van der Waals surface area (Å²) in [4.78, 5) is 12.8. The number of anilines is 2. The molecular formula is C19H24FN3O2. The number of rotatable bonds is 5. The highest BCUT2D eigenvalue weighted by Gasteiger charge is 2.25. The van der Waals surface area contributed by atoms with Crippen molar-refractivity contribution in [1.82, 2.24) is 4.90 Å². The predicted octanol–water partition coefficient (Wildman–Crippen LogP) is 4.30. The average Bonchev–Trinajstić information content (AvgIpc) is 2.53. The van der Waals surface area contributed by atoms with Crippen LogP contribution in [0, 0.1) is 5.82 Å². The van der Waals surface area contributed by atoms with Gasteiger partial charge >= 0.3 is 6.09 Å². The van der Waals surface area contributed by atoms with Crippen molar-refractivity contribution < 1.29 is 14.3 Å². The van der Waals surface area contributed by atoms with Crippen molar-refractivity contribution in [3.8, 4) is 0 Å². The van der Waals surface area contributed by atoms with Gasteiger partial charge in [-0.2, -0.15) is 0 Å². The van der Waals surface area contributed by atoms with Crippen molar-refractivity contribution in [2.24, 2.45) is 0 Å². The number of amides is 1. The van der Waals surface area contributed by atoms with E-state index in [1.165, 1.54) is 23.1 Å². The summed E-state index contributed by atoms with van der Waals surface area (Å²) in [5.41, 5.74) is 8.28. The minimum atomic E-state index is -0.945. The lowest BCUT2D eigenvalue weighted by molar-refractivity contribution is 0.0955. The molecule has 0 aliphatic heterocycles. The van der Waals surface area contributed by atoms with Gasteiger partial charge in [0.2, 0.25) is 0 Å². The summed E-state index contributed by atoms with van der Waals surface area (Å²) < 4.78 is 13.3. The van der Waals surface area contributed by atoms with Gasteiger partial charge in [-0.3, -0.25) is 4.90 Å². The molecule has 25 heavy (non-hydrogen) atoms. The van der Waals surface area contributed by atoms with E-state index >= 15 is 0 Å². The molecule has 0 radical (unpaired) electrons. The Bertz CT molecular complexity index is 739. The normalized spacial score (nSPS) is 11.2. The van der Waals surface area contributed by atoms with Crippen LogP contribution in [0.25, 0.3) is 0 Å². The monoisotopic (exact) mass is 345 g/mol. The van der Waals surface area contributed by atoms with Gasteiger partial charge in [0.25, 0.3) is 0 Å². The van der Waals surface area contributed by atoms with Crippen LogP contribution in [0.5, 0.6) is 0 Å². The van der Waals surface area contributed by atoms with Crippen LogP contribution >= 0.6 is 0 Å². The van der Waals surface area contributed by atoms with Crippen LogP contribution < -0.4 is 11.1 Å². The van der Waals surface area contributed by atoms with Gasteiger partial charge in [0, 0.05) is 18.6 Å². The Morgan fingerprint density at radius 2 is 1.76 bits per heavy atom. The highest BCUT2D eigenvalue weighted by molar-refractivity contribution is 5.66. The third kappa shape index (κ3) is 5.11. The molecule has 0 saturated carbocycles. The Morgan fingerprint density at radius 1 is 1.16 bits per heavy atom. The number of hydrogen-bond acceptors (Lipinski definition) is 3. The zero-order valence-electron chi connectivity index (χ0n) is 14.7. The van der Waals surface area contributed by atoms with Crippen LogP contribution in [-0.2, 0) is 13.1 Å². The summed E-state index contributed by atoms with van der Waals surface area (Å²) >= 11 is 0. The average molecular weight is 345 g/mol. The first-order chi connectivity index (χ1) is 11.7. The number of carbonyl (C=O) groups is 1. The summed E-state index contributed by atoms with van der Waals surface area (Å²) in [5.74, 6) is -0.344. The zero-order valence-corrected chi connectivity index (χ0v) is 14.7. The van der Waals surface area contributed by atoms with Gasteiger partial charge < -0.3 is 16.2 Å². The maximum atomic E-state index is 13.3. The number of nitrogens with zero attached hydrogens (tertiary/aromatic N) is 1. The number of nitrogen functional groups attached to an aromatic ring is 1. The summed E-state index contributed by atoms with van der Waals surface area (Å²) in [5, 5.41) is 12.5. The predicted molar refractivity (Wildman–Crippen MR) is 97.9 cm³/mol. The maximum Gasteiger partial charge on any atom is 0.408 e. The van der Waals surface area contributed by atoms with Gasteiger partial charge in [-0.05, 0) is 50.1 Å². The van der Waals surface area contributed by atoms with E-state index < -0.39 is 11.6 Å². The Kier molecular flexibility index (Phi) is 5.51. The standard InChI is InChI=1S/C19H24FN3O2/c1-19(2,3)23(18(24)25)12-14-6-4-13(5-7-14)11-22-17-10-15(20)8-9-16(17)21/h4-10,22H,11-12,21H2,1-3H3,(H,24,25). The Morgan fingerprint density at radius 3 is 2.32 bits per heavy atom. The number of hydrogen-bond donors (Lipinski definition) is 3. The minimum Gasteiger partial charge on any atom is -0.465 e. The molecule has 0 aromatic heterocycles. The Labute approximate surface area is 147 Å². The molecule has 0 saturated heterocycles. The van der Waals surface area contributed by atoms with Crippen LogP contribution in [0.3, 0.4) is 0 Å². The van der Waals surface area contributed by atoms with E-state index in [4.69, 9.17) is 5.73 Å². The summed E-state index contributed by atoms with van der Waals surface area (Å²) in [6.45, 7) is 6.41. The second-order valence-electron chi connectivity index (χ2n) is 6.94. The molecule has 6 heteroatoms. The van der Waals surface area contributed by atoms with E-state index in [2.05, 4.69) is 5.32 Å². The van der Waals surface area contributed by atoms with Crippen molar-refractivity contribution in [2.75, 3.05) is 11.1 Å². The third-order valence-electron chi connectivity index (χ3n) is 3.90. The van der Waals surface area contributed by atoms with Gasteiger partial charge in [-0.15, -0.1) is 0 Å². The number of carboxylic acid groups (broad SMARTS) is 1. The quantitative estimate of drug-likeness (QED) is 0.706. The number of benzene rings is 2. The molecule has 2 aromatic carbocycles. The van der Waals surface area contributed by atoms with Crippen LogP contribution in [0.4, 0.5) is 20.6 Å². The van der Waals surface area contributed by atoms with Gasteiger partial charge in [0.05, 0.1) is 11.4 Å². The number of halogens is 1. The highest BCUT2D eigenvalue weighted by atomic mass is 19.1. The first-order valence-corrected chi connectivity index (χ1v) is 8.04. The van der Waals surface area contributed by atoms with Crippen molar-refractivity contribution in [3.05, 3.63) is 59.4 Å². The molecule has 0 spiro atoms. The molecule has 0 aliphatic rings. The van der Waals surface area contributed by atoms with E-state index in [1.54, 1.807) is 0 Å². The topological polar surface area (TPSA) is 78.6 Å². The molecule has 2 rings (SSSR count). The highest BCUT2D eigenvalue weighted by Crippen LogP contribution is 2.21. The van der Waals surface area contributed by atoms with Crippen molar-refractivity contribution in [1.29, 1.82) is 0 Å². The van der Waals surface area contributed by atoms with E-state index in [9.17, 15) is 14.3 Å². The second-order valence-corrected chi connectivity index (χ2v) is 6.94. The van der Waals surface area contributed by atoms with Crippen molar-refractivity contribution in [3.63, 3.8) is 0 Å². The minimum absolute atomic E-state index is 0.323. The molecule has 0 fully saturated rings. The molecule has 0 bridgehead atoms. The van der Waals surface area contributed by atoms with Gasteiger partial charge in [0.1, 0.15) is 5.82 Å². The van der Waals surface area contributed by atoms with E-state index in [-0.39, 0.29) is 5.82 Å². The molecule has 4 N–H and O–H groups in total. The fourth-order valence-corrected chi connectivity index (χ4v) is 2.42. The number of nitrogens with one attached hydrogen (secondary N) is 1. The maximum absolute atomic E-state index is 13.3. The molecule has 0 unspecified atom stereocenters. The fourth-order valence-electron chi connectivity index (χ4n) is 2.42. The second kappa shape index (κ2) is 7.42. The summed E-state index contributed by atoms with van der Waals surface area (Å²) in [6, 6.07) is 11.8. The van der Waals surface area contributed by atoms with E-state index in [0.29, 0.717) is 24.5 Å². The van der Waals surface area contributed by atoms with E-state index in [0.717, 1.165) is 11.1 Å². The molecule has 1 amide bonds. The van der Waals surface area contributed by atoms with Crippen LogP contribution in [0.1, 0.15) is 31.9 Å². The Hall–Kier alpha value is -2.76. The lowest BCUT2D eigenvalue weighted by Crippen LogP contribution is -2.44. The van der Waals surface area contributed by atoms with Crippen LogP contribution in [0.15, 0.2) is 42.5 Å². The third-order valence-corrected chi connectivity index (χ3v) is 3.90. The van der Waals surface area contributed by atoms with Crippen molar-refractivity contribution >= 4 is 17.5 Å². The van der Waals surface area contributed by atoms with Crippen LogP contribution in [0.2, 0.25) is 0 Å². The lowest BCUT2D eigenvalue weighted by Gasteiger charge is -2.33.